The fourth-order valence-corrected chi connectivity index (χ4v) is 3.67. The van der Waals surface area contributed by atoms with Crippen molar-refractivity contribution in [2.75, 3.05) is 13.1 Å². The van der Waals surface area contributed by atoms with E-state index in [1.165, 1.54) is 25.0 Å². The largest absolute Gasteiger partial charge is 0.338 e. The molecule has 0 radical (unpaired) electrons. The maximum Gasteiger partial charge on any atom is 0.227 e. The van der Waals surface area contributed by atoms with Gasteiger partial charge < -0.3 is 10.2 Å². The van der Waals surface area contributed by atoms with Gasteiger partial charge in [-0.3, -0.25) is 4.79 Å². The maximum absolute atomic E-state index is 13.0. The van der Waals surface area contributed by atoms with Crippen molar-refractivity contribution in [2.24, 2.45) is 0 Å². The van der Waals surface area contributed by atoms with E-state index in [4.69, 9.17) is 4.98 Å². The molecule has 1 amide bonds. The Kier molecular flexibility index (Phi) is 4.93. The van der Waals surface area contributed by atoms with Gasteiger partial charge in [-0.05, 0) is 37.1 Å². The molecule has 6 heteroatoms. The smallest absolute Gasteiger partial charge is 0.227 e. The molecule has 5 nitrogen and oxygen atoms in total. The average molecular weight is 354 g/mol. The van der Waals surface area contributed by atoms with Crippen LogP contribution < -0.4 is 5.32 Å². The zero-order chi connectivity index (χ0) is 17.9. The van der Waals surface area contributed by atoms with Gasteiger partial charge in [-0.15, -0.1) is 0 Å². The Balaban J connectivity index is 1.42. The molecule has 2 aliphatic heterocycles. The molecule has 0 bridgehead atoms. The maximum atomic E-state index is 13.0. The van der Waals surface area contributed by atoms with E-state index in [1.807, 2.05) is 11.1 Å². The van der Waals surface area contributed by atoms with Crippen LogP contribution in [0.1, 0.15) is 47.9 Å². The minimum Gasteiger partial charge on any atom is -0.338 e. The van der Waals surface area contributed by atoms with Crippen molar-refractivity contribution >= 4 is 5.91 Å². The van der Waals surface area contributed by atoms with Crippen LogP contribution in [0.15, 0.2) is 30.5 Å². The minimum absolute atomic E-state index is 0.0558. The molecule has 1 fully saturated rings. The number of hydrogen-bond acceptors (Lipinski definition) is 4. The van der Waals surface area contributed by atoms with Gasteiger partial charge in [0.25, 0.3) is 0 Å². The van der Waals surface area contributed by atoms with Crippen molar-refractivity contribution in [2.45, 2.75) is 44.7 Å². The fourth-order valence-electron chi connectivity index (χ4n) is 3.67. The Hall–Kier alpha value is -2.34. The van der Waals surface area contributed by atoms with Crippen LogP contribution in [0.5, 0.6) is 0 Å². The first-order valence-electron chi connectivity index (χ1n) is 9.29. The molecule has 2 aliphatic rings. The molecule has 1 N–H and O–H groups in total. The normalized spacial score (nSPS) is 19.9. The molecule has 1 unspecified atom stereocenters. The summed E-state index contributed by atoms with van der Waals surface area (Å²) in [6.45, 7) is 2.24. The summed E-state index contributed by atoms with van der Waals surface area (Å²) in [6, 6.07) is 6.37. The third-order valence-corrected chi connectivity index (χ3v) is 5.20. The number of carbonyl (C=O) groups excluding carboxylic acids is 1. The van der Waals surface area contributed by atoms with Crippen LogP contribution in [0.4, 0.5) is 4.39 Å². The SMILES string of the molecule is O=C(Cc1ccc(F)cc1)N1CCc2nc(C3CCCCN3)ncc2C1. The molecule has 26 heavy (non-hydrogen) atoms. The molecule has 0 spiro atoms. The quantitative estimate of drug-likeness (QED) is 0.920. The predicted molar refractivity (Wildman–Crippen MR) is 95.9 cm³/mol. The number of aromatic nitrogens is 2. The second-order valence-corrected chi connectivity index (χ2v) is 7.07. The first kappa shape index (κ1) is 17.1. The van der Waals surface area contributed by atoms with Gasteiger partial charge >= 0.3 is 0 Å². The van der Waals surface area contributed by atoms with Crippen molar-refractivity contribution < 1.29 is 9.18 Å². The van der Waals surface area contributed by atoms with Crippen LogP contribution >= 0.6 is 0 Å². The topological polar surface area (TPSA) is 58.1 Å². The van der Waals surface area contributed by atoms with Gasteiger partial charge in [-0.2, -0.15) is 0 Å². The van der Waals surface area contributed by atoms with Gasteiger partial charge in [0.15, 0.2) is 0 Å². The molecular formula is C20H23FN4O. The Morgan fingerprint density at radius 3 is 2.88 bits per heavy atom. The van der Waals surface area contributed by atoms with E-state index < -0.39 is 0 Å². The summed E-state index contributed by atoms with van der Waals surface area (Å²) < 4.78 is 13.0. The number of piperidine rings is 1. The second kappa shape index (κ2) is 7.50. The number of halogens is 1. The highest BCUT2D eigenvalue weighted by Crippen LogP contribution is 2.23. The number of fused-ring (bicyclic) bond motifs is 1. The summed E-state index contributed by atoms with van der Waals surface area (Å²) >= 11 is 0. The molecule has 1 saturated heterocycles. The summed E-state index contributed by atoms with van der Waals surface area (Å²) in [5, 5.41) is 3.48. The number of nitrogens with zero attached hydrogens (tertiary/aromatic N) is 3. The molecular weight excluding hydrogens is 331 g/mol. The molecule has 1 atom stereocenters. The van der Waals surface area contributed by atoms with Crippen LogP contribution in [-0.4, -0.2) is 33.9 Å². The Morgan fingerprint density at radius 1 is 1.27 bits per heavy atom. The van der Waals surface area contributed by atoms with E-state index in [9.17, 15) is 9.18 Å². The van der Waals surface area contributed by atoms with Crippen LogP contribution in [0, 0.1) is 5.82 Å². The Morgan fingerprint density at radius 2 is 2.12 bits per heavy atom. The van der Waals surface area contributed by atoms with Gasteiger partial charge in [0.1, 0.15) is 11.6 Å². The van der Waals surface area contributed by atoms with Crippen molar-refractivity contribution in [3.8, 4) is 0 Å². The number of nitrogens with one attached hydrogen (secondary N) is 1. The standard InChI is InChI=1S/C20H23FN4O/c21-16-6-4-14(5-7-16)11-19(26)25-10-8-17-15(13-25)12-23-20(24-17)18-3-1-2-9-22-18/h4-7,12,18,22H,1-3,8-11,13H2. The number of amides is 1. The monoisotopic (exact) mass is 354 g/mol. The summed E-state index contributed by atoms with van der Waals surface area (Å²) in [5.74, 6) is 0.656. The Labute approximate surface area is 152 Å². The van der Waals surface area contributed by atoms with Crippen LogP contribution in [0.25, 0.3) is 0 Å². The van der Waals surface area contributed by atoms with E-state index in [-0.39, 0.29) is 17.8 Å². The minimum atomic E-state index is -0.284. The molecule has 136 valence electrons. The van der Waals surface area contributed by atoms with Gasteiger partial charge in [-0.25, -0.2) is 14.4 Å². The van der Waals surface area contributed by atoms with Gasteiger partial charge in [0, 0.05) is 31.3 Å². The van der Waals surface area contributed by atoms with Crippen LogP contribution in [0.3, 0.4) is 0 Å². The lowest BCUT2D eigenvalue weighted by Gasteiger charge is -2.29. The van der Waals surface area contributed by atoms with Crippen molar-refractivity contribution in [1.29, 1.82) is 0 Å². The lowest BCUT2D eigenvalue weighted by Crippen LogP contribution is -2.38. The van der Waals surface area contributed by atoms with Crippen molar-refractivity contribution in [3.63, 3.8) is 0 Å². The first-order valence-corrected chi connectivity index (χ1v) is 9.29. The lowest BCUT2D eigenvalue weighted by molar-refractivity contribution is -0.131. The number of benzene rings is 1. The van der Waals surface area contributed by atoms with E-state index in [0.29, 0.717) is 19.5 Å². The molecule has 0 saturated carbocycles. The highest BCUT2D eigenvalue weighted by atomic mass is 19.1. The summed E-state index contributed by atoms with van der Waals surface area (Å²) in [5.41, 5.74) is 2.92. The summed E-state index contributed by atoms with van der Waals surface area (Å²) in [4.78, 5) is 23.7. The summed E-state index contributed by atoms with van der Waals surface area (Å²) in [6.07, 6.45) is 6.44. The van der Waals surface area contributed by atoms with E-state index in [1.54, 1.807) is 12.1 Å². The molecule has 0 aliphatic carbocycles. The third-order valence-electron chi connectivity index (χ3n) is 5.20. The molecule has 3 heterocycles. The van der Waals surface area contributed by atoms with Gasteiger partial charge in [0.2, 0.25) is 5.91 Å². The van der Waals surface area contributed by atoms with Crippen LogP contribution in [0.2, 0.25) is 0 Å². The molecule has 1 aromatic carbocycles. The fraction of sp³-hybridized carbons (Fsp3) is 0.450. The van der Waals surface area contributed by atoms with E-state index >= 15 is 0 Å². The highest BCUT2D eigenvalue weighted by molar-refractivity contribution is 5.79. The van der Waals surface area contributed by atoms with Crippen molar-refractivity contribution in [3.05, 3.63) is 58.9 Å². The number of hydrogen-bond donors (Lipinski definition) is 1. The number of rotatable bonds is 3. The number of carbonyl (C=O) groups is 1. The second-order valence-electron chi connectivity index (χ2n) is 7.07. The molecule has 1 aromatic heterocycles. The van der Waals surface area contributed by atoms with E-state index in [2.05, 4.69) is 10.3 Å². The summed E-state index contributed by atoms with van der Waals surface area (Å²) in [7, 11) is 0. The lowest BCUT2D eigenvalue weighted by atomic mass is 10.0. The van der Waals surface area contributed by atoms with E-state index in [0.717, 1.165) is 42.0 Å². The zero-order valence-electron chi connectivity index (χ0n) is 14.7. The first-order chi connectivity index (χ1) is 12.7. The van der Waals surface area contributed by atoms with Gasteiger partial charge in [-0.1, -0.05) is 18.6 Å². The van der Waals surface area contributed by atoms with Crippen LogP contribution in [-0.2, 0) is 24.2 Å². The van der Waals surface area contributed by atoms with Crippen molar-refractivity contribution in [1.82, 2.24) is 20.2 Å². The molecule has 4 rings (SSSR count). The Bertz CT molecular complexity index is 787. The third kappa shape index (κ3) is 3.75. The highest BCUT2D eigenvalue weighted by Gasteiger charge is 2.24. The predicted octanol–water partition coefficient (Wildman–Crippen LogP) is 2.56. The molecule has 2 aromatic rings. The zero-order valence-corrected chi connectivity index (χ0v) is 14.7. The average Bonchev–Trinajstić information content (AvgIpc) is 2.69. The van der Waals surface area contributed by atoms with Gasteiger partial charge in [0.05, 0.1) is 18.2 Å².